The lowest BCUT2D eigenvalue weighted by molar-refractivity contribution is 0.459. The van der Waals surface area contributed by atoms with E-state index in [0.29, 0.717) is 11.4 Å². The summed E-state index contributed by atoms with van der Waals surface area (Å²) < 4.78 is 5.55. The van der Waals surface area contributed by atoms with Gasteiger partial charge in [0.15, 0.2) is 5.82 Å². The van der Waals surface area contributed by atoms with Gasteiger partial charge in [-0.15, -0.1) is 0 Å². The fourth-order valence-corrected chi connectivity index (χ4v) is 2.87. The van der Waals surface area contributed by atoms with Gasteiger partial charge in [-0.2, -0.15) is 0 Å². The Hall–Kier alpha value is -3.21. The van der Waals surface area contributed by atoms with Gasteiger partial charge in [0.05, 0.1) is 0 Å². The number of aromatic nitrogens is 3. The SMILES string of the molecule is Cc1ccc(CCNc2ncnc3c(-c4ccc(C)cc4)noc23)cc1. The van der Waals surface area contributed by atoms with E-state index < -0.39 is 0 Å². The molecule has 5 heteroatoms. The molecule has 0 atom stereocenters. The number of nitrogens with one attached hydrogen (secondary N) is 1. The number of benzene rings is 2. The Kier molecular flexibility index (Phi) is 4.35. The Labute approximate surface area is 152 Å². The highest BCUT2D eigenvalue weighted by molar-refractivity contribution is 5.93. The maximum atomic E-state index is 5.55. The van der Waals surface area contributed by atoms with E-state index in [1.165, 1.54) is 16.7 Å². The molecule has 2 aromatic carbocycles. The summed E-state index contributed by atoms with van der Waals surface area (Å²) in [5.74, 6) is 0.674. The van der Waals surface area contributed by atoms with Crippen LogP contribution in [0.5, 0.6) is 0 Å². The molecule has 5 nitrogen and oxygen atoms in total. The summed E-state index contributed by atoms with van der Waals surface area (Å²) in [6.45, 7) is 4.91. The molecule has 0 radical (unpaired) electrons. The molecule has 2 aromatic heterocycles. The van der Waals surface area contributed by atoms with Crippen LogP contribution >= 0.6 is 0 Å². The molecule has 0 fully saturated rings. The maximum absolute atomic E-state index is 5.55. The first-order chi connectivity index (χ1) is 12.7. The van der Waals surface area contributed by atoms with Crippen LogP contribution < -0.4 is 5.32 Å². The summed E-state index contributed by atoms with van der Waals surface area (Å²) in [6.07, 6.45) is 2.45. The van der Waals surface area contributed by atoms with Crippen LogP contribution in [0.15, 0.2) is 59.4 Å². The quantitative estimate of drug-likeness (QED) is 0.575. The lowest BCUT2D eigenvalue weighted by atomic mass is 10.1. The van der Waals surface area contributed by atoms with Gasteiger partial charge >= 0.3 is 0 Å². The number of aryl methyl sites for hydroxylation is 2. The molecular formula is C21H20N4O. The average molecular weight is 344 g/mol. The van der Waals surface area contributed by atoms with Crippen molar-refractivity contribution in [2.24, 2.45) is 0 Å². The summed E-state index contributed by atoms with van der Waals surface area (Å²) in [4.78, 5) is 8.69. The van der Waals surface area contributed by atoms with Gasteiger partial charge in [0.2, 0.25) is 5.58 Å². The summed E-state index contributed by atoms with van der Waals surface area (Å²) >= 11 is 0. The van der Waals surface area contributed by atoms with E-state index in [-0.39, 0.29) is 0 Å². The zero-order valence-electron chi connectivity index (χ0n) is 14.9. The Bertz CT molecular complexity index is 1020. The number of hydrogen-bond acceptors (Lipinski definition) is 5. The zero-order valence-corrected chi connectivity index (χ0v) is 14.9. The van der Waals surface area contributed by atoms with E-state index >= 15 is 0 Å². The fourth-order valence-electron chi connectivity index (χ4n) is 2.87. The van der Waals surface area contributed by atoms with Crippen molar-refractivity contribution in [3.63, 3.8) is 0 Å². The predicted octanol–water partition coefficient (Wildman–Crippen LogP) is 4.56. The molecule has 4 rings (SSSR count). The topological polar surface area (TPSA) is 63.8 Å². The van der Waals surface area contributed by atoms with Crippen molar-refractivity contribution in [3.8, 4) is 11.3 Å². The molecule has 0 unspecified atom stereocenters. The van der Waals surface area contributed by atoms with Gasteiger partial charge in [-0.3, -0.25) is 0 Å². The molecule has 0 saturated heterocycles. The van der Waals surface area contributed by atoms with E-state index in [1.54, 1.807) is 6.33 Å². The number of anilines is 1. The van der Waals surface area contributed by atoms with E-state index in [2.05, 4.69) is 70.7 Å². The molecule has 0 bridgehead atoms. The second kappa shape index (κ2) is 6.96. The monoisotopic (exact) mass is 344 g/mol. The number of rotatable bonds is 5. The molecule has 130 valence electrons. The molecule has 2 heterocycles. The van der Waals surface area contributed by atoms with Crippen LogP contribution in [-0.4, -0.2) is 21.7 Å². The van der Waals surface area contributed by atoms with Crippen molar-refractivity contribution < 1.29 is 4.52 Å². The van der Waals surface area contributed by atoms with E-state index in [9.17, 15) is 0 Å². The maximum Gasteiger partial charge on any atom is 0.228 e. The zero-order chi connectivity index (χ0) is 17.9. The first-order valence-corrected chi connectivity index (χ1v) is 8.67. The van der Waals surface area contributed by atoms with Crippen LogP contribution in [0, 0.1) is 13.8 Å². The predicted molar refractivity (Wildman–Crippen MR) is 103 cm³/mol. The van der Waals surface area contributed by atoms with Crippen LogP contribution in [0.3, 0.4) is 0 Å². The van der Waals surface area contributed by atoms with E-state index in [4.69, 9.17) is 4.52 Å². The summed E-state index contributed by atoms with van der Waals surface area (Å²) in [5, 5.41) is 7.55. The number of hydrogen-bond donors (Lipinski definition) is 1. The second-order valence-electron chi connectivity index (χ2n) is 6.46. The second-order valence-corrected chi connectivity index (χ2v) is 6.46. The van der Waals surface area contributed by atoms with Gasteiger partial charge in [-0.1, -0.05) is 64.8 Å². The third-order valence-corrected chi connectivity index (χ3v) is 4.41. The molecular weight excluding hydrogens is 324 g/mol. The van der Waals surface area contributed by atoms with Crippen molar-refractivity contribution in [1.82, 2.24) is 15.1 Å². The largest absolute Gasteiger partial charge is 0.366 e. The highest BCUT2D eigenvalue weighted by Gasteiger charge is 2.15. The van der Waals surface area contributed by atoms with Crippen molar-refractivity contribution in [3.05, 3.63) is 71.5 Å². The van der Waals surface area contributed by atoms with Crippen molar-refractivity contribution in [2.45, 2.75) is 20.3 Å². The molecule has 0 aliphatic rings. The van der Waals surface area contributed by atoms with Crippen molar-refractivity contribution in [1.29, 1.82) is 0 Å². The molecule has 4 aromatic rings. The minimum absolute atomic E-state index is 0.590. The number of nitrogens with zero attached hydrogens (tertiary/aromatic N) is 3. The summed E-state index contributed by atoms with van der Waals surface area (Å²) in [6, 6.07) is 16.7. The molecule has 0 aliphatic heterocycles. The smallest absolute Gasteiger partial charge is 0.228 e. The van der Waals surface area contributed by atoms with E-state index in [0.717, 1.165) is 29.7 Å². The molecule has 26 heavy (non-hydrogen) atoms. The lowest BCUT2D eigenvalue weighted by Gasteiger charge is -2.05. The van der Waals surface area contributed by atoms with Gasteiger partial charge in [0.25, 0.3) is 0 Å². The molecule has 1 N–H and O–H groups in total. The number of fused-ring (bicyclic) bond motifs is 1. The Morgan fingerprint density at radius 3 is 2.31 bits per heavy atom. The minimum atomic E-state index is 0.590. The third kappa shape index (κ3) is 3.28. The first-order valence-electron chi connectivity index (χ1n) is 8.67. The normalized spacial score (nSPS) is 11.0. The van der Waals surface area contributed by atoms with Crippen LogP contribution in [-0.2, 0) is 6.42 Å². The standard InChI is InChI=1S/C21H20N4O/c1-14-3-7-16(8-4-14)11-12-22-21-20-19(23-13-24-21)18(25-26-20)17-9-5-15(2)6-10-17/h3-10,13H,11-12H2,1-2H3,(H,22,23,24). The average Bonchev–Trinajstić information content (AvgIpc) is 3.09. The van der Waals surface area contributed by atoms with Crippen LogP contribution in [0.25, 0.3) is 22.4 Å². The first kappa shape index (κ1) is 16.3. The fraction of sp³-hybridized carbons (Fsp3) is 0.190. The highest BCUT2D eigenvalue weighted by Crippen LogP contribution is 2.29. The van der Waals surface area contributed by atoms with E-state index in [1.807, 2.05) is 12.1 Å². The Balaban J connectivity index is 1.54. The minimum Gasteiger partial charge on any atom is -0.366 e. The van der Waals surface area contributed by atoms with Crippen LogP contribution in [0.1, 0.15) is 16.7 Å². The van der Waals surface area contributed by atoms with Crippen LogP contribution in [0.2, 0.25) is 0 Å². The van der Waals surface area contributed by atoms with Gasteiger partial charge in [-0.25, -0.2) is 9.97 Å². The third-order valence-electron chi connectivity index (χ3n) is 4.41. The lowest BCUT2D eigenvalue weighted by Crippen LogP contribution is -2.06. The van der Waals surface area contributed by atoms with Crippen LogP contribution in [0.4, 0.5) is 5.82 Å². The Morgan fingerprint density at radius 1 is 0.885 bits per heavy atom. The molecule has 0 saturated carbocycles. The Morgan fingerprint density at radius 2 is 1.58 bits per heavy atom. The molecule has 0 spiro atoms. The van der Waals surface area contributed by atoms with Gasteiger partial charge in [-0.05, 0) is 25.8 Å². The van der Waals surface area contributed by atoms with Gasteiger partial charge in [0.1, 0.15) is 17.5 Å². The highest BCUT2D eigenvalue weighted by atomic mass is 16.5. The van der Waals surface area contributed by atoms with Crippen molar-refractivity contribution in [2.75, 3.05) is 11.9 Å². The van der Waals surface area contributed by atoms with Gasteiger partial charge in [0, 0.05) is 12.1 Å². The summed E-state index contributed by atoms with van der Waals surface area (Å²) in [7, 11) is 0. The molecule has 0 amide bonds. The molecule has 0 aliphatic carbocycles. The van der Waals surface area contributed by atoms with Gasteiger partial charge < -0.3 is 9.84 Å². The summed E-state index contributed by atoms with van der Waals surface area (Å²) in [5.41, 5.74) is 6.79. The van der Waals surface area contributed by atoms with Crippen molar-refractivity contribution >= 4 is 16.9 Å².